The summed E-state index contributed by atoms with van der Waals surface area (Å²) in [6, 6.07) is -0.245. The van der Waals surface area contributed by atoms with Gasteiger partial charge in [-0.2, -0.15) is 0 Å². The topological polar surface area (TPSA) is 58.6 Å². The Labute approximate surface area is 123 Å². The first-order valence-corrected chi connectivity index (χ1v) is 7.62. The molecule has 118 valence electrons. The van der Waals surface area contributed by atoms with Crippen LogP contribution in [0.5, 0.6) is 0 Å². The number of hydrogen-bond donors (Lipinski definition) is 1. The molecule has 2 amide bonds. The molecule has 0 spiro atoms. The molecule has 5 heteroatoms. The second-order valence-electron chi connectivity index (χ2n) is 5.23. The standard InChI is InChI=1S/C13H24N2O3.C2H6/c1-9(2)11(14-13(17)18-4)12(16)15-8-6-5-7-10(15)3;1-2/h9-11H,5-8H2,1-4H3,(H,14,17);1-2H3/t10-,11?;/m0./s1. The minimum Gasteiger partial charge on any atom is -0.453 e. The quantitative estimate of drug-likeness (QED) is 0.868. The summed E-state index contributed by atoms with van der Waals surface area (Å²) in [7, 11) is 1.31. The molecule has 5 nitrogen and oxygen atoms in total. The van der Waals surface area contributed by atoms with Crippen LogP contribution in [0.25, 0.3) is 0 Å². The SMILES string of the molecule is CC.COC(=O)NC(C(=O)N1CCCC[C@@H]1C)C(C)C. The predicted octanol–water partition coefficient (Wildman–Crippen LogP) is 2.79. The second kappa shape index (κ2) is 9.61. The van der Waals surface area contributed by atoms with Crippen LogP contribution >= 0.6 is 0 Å². The van der Waals surface area contributed by atoms with E-state index in [4.69, 9.17) is 0 Å². The Bertz CT molecular complexity index is 305. The molecule has 20 heavy (non-hydrogen) atoms. The zero-order valence-electron chi connectivity index (χ0n) is 13.7. The highest BCUT2D eigenvalue weighted by molar-refractivity contribution is 5.86. The molecule has 1 unspecified atom stereocenters. The fourth-order valence-electron chi connectivity index (χ4n) is 2.30. The number of likely N-dealkylation sites (tertiary alicyclic amines) is 1. The number of nitrogens with one attached hydrogen (secondary N) is 1. The van der Waals surface area contributed by atoms with Crippen LogP contribution < -0.4 is 5.32 Å². The van der Waals surface area contributed by atoms with Gasteiger partial charge >= 0.3 is 6.09 Å². The average Bonchev–Trinajstić information content (AvgIpc) is 2.46. The first-order valence-electron chi connectivity index (χ1n) is 7.62. The molecule has 1 aliphatic rings. The van der Waals surface area contributed by atoms with Crippen LogP contribution in [-0.4, -0.2) is 42.6 Å². The number of carbonyl (C=O) groups excluding carboxylic acids is 2. The molecule has 1 saturated heterocycles. The van der Waals surface area contributed by atoms with Crippen LogP contribution in [-0.2, 0) is 9.53 Å². The Morgan fingerprint density at radius 3 is 2.30 bits per heavy atom. The summed E-state index contributed by atoms with van der Waals surface area (Å²) in [6.45, 7) is 10.7. The maximum absolute atomic E-state index is 12.5. The van der Waals surface area contributed by atoms with Crippen LogP contribution in [0.2, 0.25) is 0 Å². The smallest absolute Gasteiger partial charge is 0.407 e. The van der Waals surface area contributed by atoms with E-state index in [9.17, 15) is 9.59 Å². The van der Waals surface area contributed by atoms with Crippen molar-refractivity contribution < 1.29 is 14.3 Å². The van der Waals surface area contributed by atoms with Gasteiger partial charge in [0.2, 0.25) is 5.91 Å². The van der Waals surface area contributed by atoms with Crippen molar-refractivity contribution in [2.75, 3.05) is 13.7 Å². The third kappa shape index (κ3) is 5.39. The highest BCUT2D eigenvalue weighted by atomic mass is 16.5. The van der Waals surface area contributed by atoms with Gasteiger partial charge in [0.15, 0.2) is 0 Å². The van der Waals surface area contributed by atoms with Crippen molar-refractivity contribution in [2.45, 2.75) is 66.0 Å². The van der Waals surface area contributed by atoms with Gasteiger partial charge in [-0.1, -0.05) is 27.7 Å². The molecule has 2 atom stereocenters. The molecule has 0 saturated carbocycles. The van der Waals surface area contributed by atoms with Crippen LogP contribution in [0, 0.1) is 5.92 Å². The highest BCUT2D eigenvalue weighted by Crippen LogP contribution is 2.19. The molecule has 0 radical (unpaired) electrons. The van der Waals surface area contributed by atoms with Crippen LogP contribution in [0.3, 0.4) is 0 Å². The number of methoxy groups -OCH3 is 1. The summed E-state index contributed by atoms with van der Waals surface area (Å²) in [5.74, 6) is 0.0494. The lowest BCUT2D eigenvalue weighted by molar-refractivity contribution is -0.137. The van der Waals surface area contributed by atoms with Crippen LogP contribution in [0.15, 0.2) is 0 Å². The lowest BCUT2D eigenvalue weighted by Crippen LogP contribution is -2.54. The van der Waals surface area contributed by atoms with E-state index in [1.807, 2.05) is 32.6 Å². The second-order valence-corrected chi connectivity index (χ2v) is 5.23. The lowest BCUT2D eigenvalue weighted by Gasteiger charge is -2.36. The van der Waals surface area contributed by atoms with Crippen LogP contribution in [0.1, 0.15) is 53.9 Å². The van der Waals surface area contributed by atoms with E-state index in [1.165, 1.54) is 13.5 Å². The summed E-state index contributed by atoms with van der Waals surface area (Å²) in [5, 5.41) is 2.63. The number of piperidine rings is 1. The largest absolute Gasteiger partial charge is 0.453 e. The molecule has 1 aliphatic heterocycles. The normalized spacial score (nSPS) is 19.8. The van der Waals surface area contributed by atoms with Gasteiger partial charge in [-0.15, -0.1) is 0 Å². The monoisotopic (exact) mass is 286 g/mol. The number of alkyl carbamates (subject to hydrolysis) is 1. The van der Waals surface area contributed by atoms with Gasteiger partial charge in [0.25, 0.3) is 0 Å². The summed E-state index contributed by atoms with van der Waals surface area (Å²) in [5.41, 5.74) is 0. The molecule has 0 aromatic rings. The number of rotatable bonds is 3. The zero-order valence-corrected chi connectivity index (χ0v) is 13.7. The molecule has 0 aromatic carbocycles. The summed E-state index contributed by atoms with van der Waals surface area (Å²) in [6.07, 6.45) is 2.70. The van der Waals surface area contributed by atoms with Gasteiger partial charge in [-0.05, 0) is 32.1 Å². The average molecular weight is 286 g/mol. The van der Waals surface area contributed by atoms with Gasteiger partial charge in [0.05, 0.1) is 7.11 Å². The molecule has 1 heterocycles. The molecular formula is C15H30N2O3. The van der Waals surface area contributed by atoms with Crippen molar-refractivity contribution in [3.05, 3.63) is 0 Å². The fourth-order valence-corrected chi connectivity index (χ4v) is 2.30. The van der Waals surface area contributed by atoms with Gasteiger partial charge in [-0.25, -0.2) is 4.79 Å². The van der Waals surface area contributed by atoms with Crippen molar-refractivity contribution in [2.24, 2.45) is 5.92 Å². The molecule has 1 fully saturated rings. The summed E-state index contributed by atoms with van der Waals surface area (Å²) >= 11 is 0. The maximum atomic E-state index is 12.5. The van der Waals surface area contributed by atoms with Gasteiger partial charge < -0.3 is 15.0 Å². The van der Waals surface area contributed by atoms with Crippen molar-refractivity contribution in [1.29, 1.82) is 0 Å². The zero-order chi connectivity index (χ0) is 15.7. The number of nitrogens with zero attached hydrogens (tertiary/aromatic N) is 1. The fraction of sp³-hybridized carbons (Fsp3) is 0.867. The molecule has 0 bridgehead atoms. The van der Waals surface area contributed by atoms with E-state index >= 15 is 0 Å². The number of amides is 2. The van der Waals surface area contributed by atoms with Crippen molar-refractivity contribution in [3.8, 4) is 0 Å². The van der Waals surface area contributed by atoms with Crippen molar-refractivity contribution in [1.82, 2.24) is 10.2 Å². The lowest BCUT2D eigenvalue weighted by atomic mass is 9.98. The van der Waals surface area contributed by atoms with Gasteiger partial charge in [-0.3, -0.25) is 4.79 Å². The van der Waals surface area contributed by atoms with Crippen molar-refractivity contribution >= 4 is 12.0 Å². The van der Waals surface area contributed by atoms with Gasteiger partial charge in [0.1, 0.15) is 6.04 Å². The van der Waals surface area contributed by atoms with E-state index in [2.05, 4.69) is 17.0 Å². The Morgan fingerprint density at radius 1 is 1.25 bits per heavy atom. The third-order valence-corrected chi connectivity index (χ3v) is 3.48. The first-order chi connectivity index (χ1) is 9.47. The van der Waals surface area contributed by atoms with E-state index in [-0.39, 0.29) is 17.9 Å². The van der Waals surface area contributed by atoms with Gasteiger partial charge in [0, 0.05) is 12.6 Å². The molecule has 0 aliphatic carbocycles. The van der Waals surface area contributed by atoms with E-state index in [1.54, 1.807) is 0 Å². The molecule has 0 aromatic heterocycles. The Hall–Kier alpha value is -1.26. The van der Waals surface area contributed by atoms with E-state index < -0.39 is 12.1 Å². The Morgan fingerprint density at radius 2 is 1.85 bits per heavy atom. The minimum atomic E-state index is -0.549. The number of ether oxygens (including phenoxy) is 1. The Kier molecular flexibility index (Phi) is 9.01. The maximum Gasteiger partial charge on any atom is 0.407 e. The molecule has 1 rings (SSSR count). The first kappa shape index (κ1) is 18.7. The van der Waals surface area contributed by atoms with Crippen molar-refractivity contribution in [3.63, 3.8) is 0 Å². The van der Waals surface area contributed by atoms with Crippen LogP contribution in [0.4, 0.5) is 4.79 Å². The number of hydrogen-bond acceptors (Lipinski definition) is 3. The summed E-state index contributed by atoms with van der Waals surface area (Å²) < 4.78 is 4.57. The van der Waals surface area contributed by atoms with E-state index in [0.717, 1.165) is 19.4 Å². The molecular weight excluding hydrogens is 256 g/mol. The van der Waals surface area contributed by atoms with E-state index in [0.29, 0.717) is 0 Å². The predicted molar refractivity (Wildman–Crippen MR) is 80.5 cm³/mol. The third-order valence-electron chi connectivity index (χ3n) is 3.48. The Balaban J connectivity index is 0.00000172. The summed E-state index contributed by atoms with van der Waals surface area (Å²) in [4.78, 5) is 25.6. The highest BCUT2D eigenvalue weighted by Gasteiger charge is 2.32. The minimum absolute atomic E-state index is 0.00241. The molecule has 1 N–H and O–H groups in total. The number of carbonyl (C=O) groups is 2.